The smallest absolute Gasteiger partial charge is 0.238 e. The normalized spacial score (nSPS) is 16.4. The van der Waals surface area contributed by atoms with E-state index in [1.165, 1.54) is 4.88 Å². The van der Waals surface area contributed by atoms with Gasteiger partial charge in [0.25, 0.3) is 0 Å². The molecule has 0 aliphatic carbocycles. The molecule has 0 saturated carbocycles. The predicted octanol–water partition coefficient (Wildman–Crippen LogP) is 2.81. The van der Waals surface area contributed by atoms with Gasteiger partial charge in [0, 0.05) is 43.3 Å². The number of carbonyl (C=O) groups is 1. The fraction of sp³-hybridized carbons (Fsp3) is 0.389. The lowest BCUT2D eigenvalue weighted by Crippen LogP contribution is -2.48. The molecule has 1 aromatic carbocycles. The highest BCUT2D eigenvalue weighted by Crippen LogP contribution is 2.14. The van der Waals surface area contributed by atoms with Crippen molar-refractivity contribution < 1.29 is 4.79 Å². The van der Waals surface area contributed by atoms with Gasteiger partial charge in [0.05, 0.1) is 6.54 Å². The van der Waals surface area contributed by atoms with Gasteiger partial charge in [0.15, 0.2) is 0 Å². The average Bonchev–Trinajstić information content (AvgIpc) is 3.02. The van der Waals surface area contributed by atoms with Crippen LogP contribution in [0.15, 0.2) is 41.8 Å². The molecular formula is C18H23N3OS. The van der Waals surface area contributed by atoms with Crippen molar-refractivity contribution >= 4 is 22.9 Å². The molecular weight excluding hydrogens is 306 g/mol. The van der Waals surface area contributed by atoms with Gasteiger partial charge in [-0.05, 0) is 36.1 Å². The molecule has 1 aromatic heterocycles. The SMILES string of the molecule is Cc1cccc(NC(=O)CN2CCN(Cc3cccs3)CC2)c1. The van der Waals surface area contributed by atoms with Gasteiger partial charge >= 0.3 is 0 Å². The topological polar surface area (TPSA) is 35.6 Å². The van der Waals surface area contributed by atoms with Gasteiger partial charge in [0.1, 0.15) is 0 Å². The van der Waals surface area contributed by atoms with Crippen LogP contribution in [0.5, 0.6) is 0 Å². The summed E-state index contributed by atoms with van der Waals surface area (Å²) in [6.45, 7) is 7.48. The van der Waals surface area contributed by atoms with E-state index in [-0.39, 0.29) is 5.91 Å². The number of aryl methyl sites for hydroxylation is 1. The van der Waals surface area contributed by atoms with E-state index in [1.807, 2.05) is 42.5 Å². The van der Waals surface area contributed by atoms with E-state index in [4.69, 9.17) is 0 Å². The molecule has 23 heavy (non-hydrogen) atoms. The number of rotatable bonds is 5. The van der Waals surface area contributed by atoms with Gasteiger partial charge in [0.2, 0.25) is 5.91 Å². The van der Waals surface area contributed by atoms with Crippen LogP contribution in [0, 0.1) is 6.92 Å². The van der Waals surface area contributed by atoms with Crippen molar-refractivity contribution in [1.82, 2.24) is 9.80 Å². The van der Waals surface area contributed by atoms with Gasteiger partial charge < -0.3 is 5.32 Å². The molecule has 1 fully saturated rings. The van der Waals surface area contributed by atoms with Crippen molar-refractivity contribution in [3.8, 4) is 0 Å². The van der Waals surface area contributed by atoms with Crippen LogP contribution in [0.25, 0.3) is 0 Å². The van der Waals surface area contributed by atoms with Crippen molar-refractivity contribution in [2.24, 2.45) is 0 Å². The minimum atomic E-state index is 0.0716. The first-order valence-corrected chi connectivity index (χ1v) is 8.90. The Morgan fingerprint density at radius 2 is 1.91 bits per heavy atom. The third kappa shape index (κ3) is 4.89. The van der Waals surface area contributed by atoms with Crippen LogP contribution in [-0.4, -0.2) is 48.4 Å². The lowest BCUT2D eigenvalue weighted by molar-refractivity contribution is -0.117. The van der Waals surface area contributed by atoms with Crippen LogP contribution in [-0.2, 0) is 11.3 Å². The third-order valence-corrected chi connectivity index (χ3v) is 4.95. The summed E-state index contributed by atoms with van der Waals surface area (Å²) in [5.41, 5.74) is 2.04. The fourth-order valence-electron chi connectivity index (χ4n) is 2.85. The molecule has 1 N–H and O–H groups in total. The second-order valence-electron chi connectivity index (χ2n) is 6.05. The van der Waals surface area contributed by atoms with Gasteiger partial charge in [-0.1, -0.05) is 18.2 Å². The quantitative estimate of drug-likeness (QED) is 0.916. The number of piperazine rings is 1. The van der Waals surface area contributed by atoms with Gasteiger partial charge in [-0.3, -0.25) is 14.6 Å². The second kappa shape index (κ2) is 7.73. The van der Waals surface area contributed by atoms with E-state index < -0.39 is 0 Å². The number of anilines is 1. The standard InChI is InChI=1S/C18H23N3OS/c1-15-4-2-5-16(12-15)19-18(22)14-21-9-7-20(8-10-21)13-17-6-3-11-23-17/h2-6,11-12H,7-10,13-14H2,1H3,(H,19,22). The van der Waals surface area contributed by atoms with Crippen LogP contribution in [0.2, 0.25) is 0 Å². The Balaban J connectivity index is 1.42. The molecule has 0 atom stereocenters. The van der Waals surface area contributed by atoms with Crippen LogP contribution < -0.4 is 5.32 Å². The Kier molecular flexibility index (Phi) is 5.43. The lowest BCUT2D eigenvalue weighted by atomic mass is 10.2. The molecule has 1 aliphatic rings. The zero-order valence-electron chi connectivity index (χ0n) is 13.5. The van der Waals surface area contributed by atoms with Gasteiger partial charge in [-0.15, -0.1) is 11.3 Å². The maximum absolute atomic E-state index is 12.2. The first kappa shape index (κ1) is 16.2. The molecule has 3 rings (SSSR count). The number of carbonyl (C=O) groups excluding carboxylic acids is 1. The Hall–Kier alpha value is -1.69. The Labute approximate surface area is 141 Å². The number of hydrogen-bond donors (Lipinski definition) is 1. The van der Waals surface area contributed by atoms with Crippen molar-refractivity contribution in [2.75, 3.05) is 38.0 Å². The molecule has 1 saturated heterocycles. The maximum atomic E-state index is 12.2. The van der Waals surface area contributed by atoms with Crippen LogP contribution in [0.3, 0.4) is 0 Å². The van der Waals surface area contributed by atoms with Gasteiger partial charge in [-0.25, -0.2) is 0 Å². The van der Waals surface area contributed by atoms with E-state index in [1.54, 1.807) is 0 Å². The highest BCUT2D eigenvalue weighted by atomic mass is 32.1. The van der Waals surface area contributed by atoms with E-state index in [9.17, 15) is 4.79 Å². The van der Waals surface area contributed by atoms with E-state index in [0.717, 1.165) is 44.0 Å². The predicted molar refractivity (Wildman–Crippen MR) is 95.8 cm³/mol. The third-order valence-electron chi connectivity index (χ3n) is 4.09. The molecule has 2 aromatic rings. The molecule has 2 heterocycles. The molecule has 5 heteroatoms. The van der Waals surface area contributed by atoms with Gasteiger partial charge in [-0.2, -0.15) is 0 Å². The minimum Gasteiger partial charge on any atom is -0.325 e. The summed E-state index contributed by atoms with van der Waals surface area (Å²) < 4.78 is 0. The summed E-state index contributed by atoms with van der Waals surface area (Å²) in [7, 11) is 0. The van der Waals surface area contributed by atoms with Crippen molar-refractivity contribution in [3.05, 3.63) is 52.2 Å². The summed E-state index contributed by atoms with van der Waals surface area (Å²) in [5.74, 6) is 0.0716. The summed E-state index contributed by atoms with van der Waals surface area (Å²) in [6.07, 6.45) is 0. The second-order valence-corrected chi connectivity index (χ2v) is 7.08. The number of thiophene rings is 1. The maximum Gasteiger partial charge on any atom is 0.238 e. The van der Waals surface area contributed by atoms with E-state index >= 15 is 0 Å². The fourth-order valence-corrected chi connectivity index (χ4v) is 3.60. The number of hydrogen-bond acceptors (Lipinski definition) is 4. The summed E-state index contributed by atoms with van der Waals surface area (Å²) in [4.78, 5) is 18.3. The summed E-state index contributed by atoms with van der Waals surface area (Å²) >= 11 is 1.81. The number of nitrogens with one attached hydrogen (secondary N) is 1. The molecule has 0 radical (unpaired) electrons. The zero-order chi connectivity index (χ0) is 16.1. The molecule has 1 aliphatic heterocycles. The molecule has 122 valence electrons. The Bertz CT molecular complexity index is 633. The highest BCUT2D eigenvalue weighted by Gasteiger charge is 2.19. The van der Waals surface area contributed by atoms with Crippen LogP contribution in [0.4, 0.5) is 5.69 Å². The first-order valence-electron chi connectivity index (χ1n) is 8.03. The average molecular weight is 329 g/mol. The number of nitrogens with zero attached hydrogens (tertiary/aromatic N) is 2. The Morgan fingerprint density at radius 1 is 1.13 bits per heavy atom. The van der Waals surface area contributed by atoms with E-state index in [2.05, 4.69) is 32.6 Å². The van der Waals surface area contributed by atoms with Crippen molar-refractivity contribution in [2.45, 2.75) is 13.5 Å². The lowest BCUT2D eigenvalue weighted by Gasteiger charge is -2.34. The van der Waals surface area contributed by atoms with Crippen LogP contribution >= 0.6 is 11.3 Å². The van der Waals surface area contributed by atoms with Crippen molar-refractivity contribution in [3.63, 3.8) is 0 Å². The molecule has 4 nitrogen and oxygen atoms in total. The molecule has 0 bridgehead atoms. The number of benzene rings is 1. The van der Waals surface area contributed by atoms with Crippen LogP contribution in [0.1, 0.15) is 10.4 Å². The summed E-state index contributed by atoms with van der Waals surface area (Å²) in [5, 5.41) is 5.11. The Morgan fingerprint density at radius 3 is 2.61 bits per heavy atom. The zero-order valence-corrected chi connectivity index (χ0v) is 14.3. The highest BCUT2D eigenvalue weighted by molar-refractivity contribution is 7.09. The summed E-state index contributed by atoms with van der Waals surface area (Å²) in [6, 6.07) is 12.2. The molecule has 1 amide bonds. The van der Waals surface area contributed by atoms with Crippen molar-refractivity contribution in [1.29, 1.82) is 0 Å². The molecule has 0 unspecified atom stereocenters. The number of amides is 1. The van der Waals surface area contributed by atoms with E-state index in [0.29, 0.717) is 6.54 Å². The monoisotopic (exact) mass is 329 g/mol. The molecule has 0 spiro atoms. The minimum absolute atomic E-state index is 0.0716. The largest absolute Gasteiger partial charge is 0.325 e. The first-order chi connectivity index (χ1) is 11.2.